The van der Waals surface area contributed by atoms with Gasteiger partial charge in [0.15, 0.2) is 0 Å². The van der Waals surface area contributed by atoms with Crippen LogP contribution in [0.4, 0.5) is 4.79 Å². The Bertz CT molecular complexity index is 1580. The molecule has 3 aromatic carbocycles. The third-order valence-electron chi connectivity index (χ3n) is 8.95. The summed E-state index contributed by atoms with van der Waals surface area (Å²) in [4.78, 5) is 21.2. The number of hydrogen-bond donors (Lipinski definition) is 2. The molecule has 1 aromatic heterocycles. The van der Waals surface area contributed by atoms with Gasteiger partial charge in [-0.1, -0.05) is 110 Å². The Labute approximate surface area is 285 Å². The molecule has 1 aliphatic rings. The van der Waals surface area contributed by atoms with E-state index >= 15 is 0 Å². The Morgan fingerprint density at radius 3 is 1.94 bits per heavy atom. The lowest BCUT2D eigenvalue weighted by atomic mass is 9.69. The van der Waals surface area contributed by atoms with Gasteiger partial charge in [-0.3, -0.25) is 0 Å². The van der Waals surface area contributed by atoms with Crippen LogP contribution < -0.4 is 4.72 Å². The van der Waals surface area contributed by atoms with Crippen molar-refractivity contribution in [3.63, 3.8) is 0 Å². The molecule has 0 saturated heterocycles. The second-order valence-electron chi connectivity index (χ2n) is 13.8. The van der Waals surface area contributed by atoms with E-state index < -0.39 is 33.3 Å². The molecular weight excluding hydrogens is 623 g/mol. The monoisotopic (exact) mass is 671 g/mol. The average Bonchev–Trinajstić information content (AvgIpc) is 3.54. The van der Waals surface area contributed by atoms with Crippen molar-refractivity contribution in [2.75, 3.05) is 12.3 Å². The standard InChI is InChI=1S/C39H49N3O5S/c1-38(2,3)47-37(43)46-35(29-48(44,45)41-27-30-17-8-4-9-18-30)26-16-25-34-28-40-36(42-34)39(31-19-10-5-11-20-31,32-21-12-6-13-22-32)33-23-14-7-15-24-33/h5-7,10-15,19-24,28,30,35,41H,4,8-9,16-18,25-27,29H2,1-3H3,(H,40,42). The Morgan fingerprint density at radius 1 is 0.875 bits per heavy atom. The van der Waals surface area contributed by atoms with Gasteiger partial charge in [-0.05, 0) is 75.5 Å². The molecular formula is C39H49N3O5S. The zero-order chi connectivity index (χ0) is 34.0. The van der Waals surface area contributed by atoms with Gasteiger partial charge in [-0.25, -0.2) is 22.9 Å². The number of aryl methyl sites for hydroxylation is 1. The number of aromatic nitrogens is 2. The molecule has 1 saturated carbocycles. The van der Waals surface area contributed by atoms with E-state index in [0.717, 1.165) is 53.9 Å². The van der Waals surface area contributed by atoms with Gasteiger partial charge in [0.2, 0.25) is 10.0 Å². The maximum atomic E-state index is 13.1. The fraction of sp³-hybridized carbons (Fsp3) is 0.436. The van der Waals surface area contributed by atoms with Crippen LogP contribution in [0.3, 0.4) is 0 Å². The van der Waals surface area contributed by atoms with Crippen LogP contribution in [-0.4, -0.2) is 48.5 Å². The van der Waals surface area contributed by atoms with E-state index in [1.54, 1.807) is 20.8 Å². The number of imidazole rings is 1. The first-order chi connectivity index (χ1) is 23.0. The van der Waals surface area contributed by atoms with Crippen molar-refractivity contribution in [1.29, 1.82) is 0 Å². The van der Waals surface area contributed by atoms with E-state index in [1.165, 1.54) is 6.42 Å². The van der Waals surface area contributed by atoms with Gasteiger partial charge in [0.05, 0.1) is 0 Å². The summed E-state index contributed by atoms with van der Waals surface area (Å²) in [6, 6.07) is 31.1. The minimum atomic E-state index is -3.67. The predicted octanol–water partition coefficient (Wildman–Crippen LogP) is 7.94. The van der Waals surface area contributed by atoms with Crippen LogP contribution in [0.5, 0.6) is 0 Å². The van der Waals surface area contributed by atoms with Gasteiger partial charge >= 0.3 is 6.16 Å². The molecule has 1 aliphatic carbocycles. The number of nitrogens with one attached hydrogen (secondary N) is 2. The summed E-state index contributed by atoms with van der Waals surface area (Å²) in [6.45, 7) is 5.68. The highest BCUT2D eigenvalue weighted by atomic mass is 32.2. The van der Waals surface area contributed by atoms with E-state index in [4.69, 9.17) is 14.5 Å². The van der Waals surface area contributed by atoms with E-state index in [9.17, 15) is 13.2 Å². The SMILES string of the molecule is CC(C)(C)OC(=O)OC(CCCc1cnc(C(c2ccccc2)(c2ccccc2)c2ccccc2)[nH]1)CS(=O)(=O)NCC1CCCCC1. The van der Waals surface area contributed by atoms with Crippen LogP contribution in [0.15, 0.2) is 97.2 Å². The molecule has 0 aliphatic heterocycles. The smallest absolute Gasteiger partial charge is 0.430 e. The third-order valence-corrected chi connectivity index (χ3v) is 10.4. The van der Waals surface area contributed by atoms with E-state index in [-0.39, 0.29) is 5.75 Å². The van der Waals surface area contributed by atoms with Crippen molar-refractivity contribution in [2.45, 2.75) is 89.3 Å². The normalized spacial score (nSPS) is 15.1. The summed E-state index contributed by atoms with van der Waals surface area (Å²) < 4.78 is 40.1. The summed E-state index contributed by atoms with van der Waals surface area (Å²) in [5, 5.41) is 0. The maximum absolute atomic E-state index is 13.1. The molecule has 1 atom stereocenters. The average molecular weight is 672 g/mol. The molecule has 1 unspecified atom stereocenters. The molecule has 0 amide bonds. The summed E-state index contributed by atoms with van der Waals surface area (Å²) in [5.74, 6) is 0.826. The fourth-order valence-corrected chi connectivity index (χ4v) is 8.03. The maximum Gasteiger partial charge on any atom is 0.509 e. The Morgan fingerprint density at radius 2 is 1.42 bits per heavy atom. The lowest BCUT2D eigenvalue weighted by Crippen LogP contribution is -2.38. The molecule has 2 N–H and O–H groups in total. The highest BCUT2D eigenvalue weighted by Crippen LogP contribution is 2.43. The van der Waals surface area contributed by atoms with Gasteiger partial charge in [-0.15, -0.1) is 0 Å². The number of carbonyl (C=O) groups is 1. The fourth-order valence-electron chi connectivity index (χ4n) is 6.70. The van der Waals surface area contributed by atoms with E-state index in [0.29, 0.717) is 31.7 Å². The van der Waals surface area contributed by atoms with Gasteiger partial charge < -0.3 is 14.5 Å². The van der Waals surface area contributed by atoms with Crippen molar-refractivity contribution in [2.24, 2.45) is 5.92 Å². The summed E-state index contributed by atoms with van der Waals surface area (Å²) in [6.07, 6.45) is 7.18. The largest absolute Gasteiger partial charge is 0.509 e. The number of hydrogen-bond acceptors (Lipinski definition) is 6. The van der Waals surface area contributed by atoms with Crippen molar-refractivity contribution in [1.82, 2.24) is 14.7 Å². The van der Waals surface area contributed by atoms with Crippen LogP contribution in [-0.2, 0) is 31.3 Å². The highest BCUT2D eigenvalue weighted by molar-refractivity contribution is 7.89. The molecule has 1 fully saturated rings. The summed E-state index contributed by atoms with van der Waals surface area (Å²) in [5.41, 5.74) is 2.71. The lowest BCUT2D eigenvalue weighted by Gasteiger charge is -2.34. The molecule has 0 spiro atoms. The minimum absolute atomic E-state index is 0.313. The predicted molar refractivity (Wildman–Crippen MR) is 189 cm³/mol. The van der Waals surface area contributed by atoms with Gasteiger partial charge in [-0.2, -0.15) is 0 Å². The number of rotatable bonds is 14. The molecule has 48 heavy (non-hydrogen) atoms. The van der Waals surface area contributed by atoms with Crippen molar-refractivity contribution < 1.29 is 22.7 Å². The zero-order valence-electron chi connectivity index (χ0n) is 28.4. The second-order valence-corrected chi connectivity index (χ2v) is 15.7. The molecule has 256 valence electrons. The van der Waals surface area contributed by atoms with Crippen LogP contribution in [0.2, 0.25) is 0 Å². The van der Waals surface area contributed by atoms with E-state index in [2.05, 4.69) is 46.1 Å². The summed E-state index contributed by atoms with van der Waals surface area (Å²) >= 11 is 0. The third kappa shape index (κ3) is 9.35. The molecule has 9 heteroatoms. The topological polar surface area (TPSA) is 110 Å². The number of benzene rings is 3. The van der Waals surface area contributed by atoms with Crippen LogP contribution >= 0.6 is 0 Å². The van der Waals surface area contributed by atoms with Gasteiger partial charge in [0.25, 0.3) is 0 Å². The Balaban J connectivity index is 1.35. The van der Waals surface area contributed by atoms with Crippen molar-refractivity contribution in [3.05, 3.63) is 125 Å². The number of ether oxygens (including phenoxy) is 2. The number of aromatic amines is 1. The molecule has 1 heterocycles. The van der Waals surface area contributed by atoms with Gasteiger partial charge in [0.1, 0.15) is 28.7 Å². The Kier molecular flexibility index (Phi) is 11.8. The molecule has 4 aromatic rings. The zero-order valence-corrected chi connectivity index (χ0v) is 29.2. The Hall–Kier alpha value is -3.95. The van der Waals surface area contributed by atoms with Crippen LogP contribution in [0, 0.1) is 5.92 Å². The number of H-pyrrole nitrogens is 1. The van der Waals surface area contributed by atoms with Crippen molar-refractivity contribution in [3.8, 4) is 0 Å². The summed E-state index contributed by atoms with van der Waals surface area (Å²) in [7, 11) is -3.67. The molecule has 5 rings (SSSR count). The highest BCUT2D eigenvalue weighted by Gasteiger charge is 2.41. The molecule has 8 nitrogen and oxygen atoms in total. The lowest BCUT2D eigenvalue weighted by molar-refractivity contribution is -0.0242. The first kappa shape index (κ1) is 35.4. The quantitative estimate of drug-likeness (QED) is 0.104. The van der Waals surface area contributed by atoms with Crippen molar-refractivity contribution >= 4 is 16.2 Å². The second kappa shape index (κ2) is 16.0. The number of nitrogens with zero attached hydrogens (tertiary/aromatic N) is 1. The molecule has 0 radical (unpaired) electrons. The van der Waals surface area contributed by atoms with Crippen LogP contribution in [0.25, 0.3) is 0 Å². The minimum Gasteiger partial charge on any atom is -0.430 e. The first-order valence-electron chi connectivity index (χ1n) is 17.1. The number of sulfonamides is 1. The number of carbonyl (C=O) groups excluding carboxylic acids is 1. The van der Waals surface area contributed by atoms with Gasteiger partial charge in [0, 0.05) is 18.4 Å². The van der Waals surface area contributed by atoms with E-state index in [1.807, 2.05) is 60.8 Å². The first-order valence-corrected chi connectivity index (χ1v) is 18.8. The van der Waals surface area contributed by atoms with Crippen LogP contribution in [0.1, 0.15) is 93.9 Å². The molecule has 0 bridgehead atoms.